The molecule has 1 aliphatic heterocycles. The van der Waals surface area contributed by atoms with Gasteiger partial charge in [-0.15, -0.1) is 0 Å². The summed E-state index contributed by atoms with van der Waals surface area (Å²) in [6.07, 6.45) is 2.62. The molecule has 1 aromatic carbocycles. The van der Waals surface area contributed by atoms with E-state index in [0.29, 0.717) is 6.04 Å². The number of nitrogens with two attached hydrogens (primary N) is 1. The van der Waals surface area contributed by atoms with E-state index in [1.165, 1.54) is 30.6 Å². The Morgan fingerprint density at radius 2 is 2.26 bits per heavy atom. The standard InChI is InChI=1S/C15H24BrN3/c1-11(17)12-6-7-15(14(16)9-12)19(3)10-13-5-4-8-18(13)2/h6-7,9,11,13H,4-5,8,10,17H2,1-3H3/t11-,13?/m1/s1. The highest BCUT2D eigenvalue weighted by Crippen LogP contribution is 2.29. The summed E-state index contributed by atoms with van der Waals surface area (Å²) in [4.78, 5) is 4.79. The van der Waals surface area contributed by atoms with Crippen LogP contribution in [0, 0.1) is 0 Å². The van der Waals surface area contributed by atoms with Gasteiger partial charge in [0.05, 0.1) is 5.69 Å². The Morgan fingerprint density at radius 3 is 2.79 bits per heavy atom. The van der Waals surface area contributed by atoms with Gasteiger partial charge in [0.2, 0.25) is 0 Å². The minimum atomic E-state index is 0.0802. The number of likely N-dealkylation sites (tertiary alicyclic amines) is 1. The molecule has 0 spiro atoms. The Balaban J connectivity index is 2.08. The number of likely N-dealkylation sites (N-methyl/N-ethyl adjacent to an activating group) is 2. The second kappa shape index (κ2) is 6.25. The Morgan fingerprint density at radius 1 is 1.53 bits per heavy atom. The number of nitrogens with zero attached hydrogens (tertiary/aromatic N) is 2. The third-order valence-electron chi connectivity index (χ3n) is 4.06. The van der Waals surface area contributed by atoms with Gasteiger partial charge in [-0.3, -0.25) is 0 Å². The highest BCUT2D eigenvalue weighted by molar-refractivity contribution is 9.10. The Labute approximate surface area is 124 Å². The van der Waals surface area contributed by atoms with Crippen molar-refractivity contribution >= 4 is 21.6 Å². The molecular weight excluding hydrogens is 302 g/mol. The molecule has 3 nitrogen and oxygen atoms in total. The molecule has 1 saturated heterocycles. The fraction of sp³-hybridized carbons (Fsp3) is 0.600. The smallest absolute Gasteiger partial charge is 0.0508 e. The van der Waals surface area contributed by atoms with Gasteiger partial charge in [-0.1, -0.05) is 6.07 Å². The van der Waals surface area contributed by atoms with Crippen LogP contribution in [0.25, 0.3) is 0 Å². The lowest BCUT2D eigenvalue weighted by Gasteiger charge is -2.28. The molecule has 1 aliphatic rings. The van der Waals surface area contributed by atoms with Crippen LogP contribution in [0.15, 0.2) is 22.7 Å². The van der Waals surface area contributed by atoms with Crippen LogP contribution in [0.5, 0.6) is 0 Å². The largest absolute Gasteiger partial charge is 0.372 e. The van der Waals surface area contributed by atoms with E-state index in [1.54, 1.807) is 0 Å². The van der Waals surface area contributed by atoms with E-state index in [4.69, 9.17) is 5.73 Å². The molecule has 0 saturated carbocycles. The van der Waals surface area contributed by atoms with E-state index in [-0.39, 0.29) is 6.04 Å². The van der Waals surface area contributed by atoms with Crippen molar-refractivity contribution < 1.29 is 0 Å². The average Bonchev–Trinajstić information content (AvgIpc) is 2.74. The molecule has 1 fully saturated rings. The SMILES string of the molecule is C[C@@H](N)c1ccc(N(C)CC2CCCN2C)c(Br)c1. The van der Waals surface area contributed by atoms with Crippen molar-refractivity contribution in [3.63, 3.8) is 0 Å². The van der Waals surface area contributed by atoms with Crippen LogP contribution in [0.3, 0.4) is 0 Å². The molecule has 2 rings (SSSR count). The molecule has 106 valence electrons. The fourth-order valence-electron chi connectivity index (χ4n) is 2.74. The van der Waals surface area contributed by atoms with E-state index < -0.39 is 0 Å². The number of halogens is 1. The van der Waals surface area contributed by atoms with E-state index >= 15 is 0 Å². The fourth-order valence-corrected chi connectivity index (χ4v) is 3.44. The lowest BCUT2D eigenvalue weighted by atomic mass is 10.1. The van der Waals surface area contributed by atoms with Crippen molar-refractivity contribution in [3.05, 3.63) is 28.2 Å². The first-order chi connectivity index (χ1) is 8.99. The zero-order valence-electron chi connectivity index (χ0n) is 12.1. The van der Waals surface area contributed by atoms with Crippen LogP contribution in [-0.2, 0) is 0 Å². The molecule has 1 heterocycles. The minimum Gasteiger partial charge on any atom is -0.372 e. The van der Waals surface area contributed by atoms with Crippen molar-refractivity contribution in [1.29, 1.82) is 0 Å². The third-order valence-corrected chi connectivity index (χ3v) is 4.70. The van der Waals surface area contributed by atoms with Crippen LogP contribution in [-0.4, -0.2) is 38.1 Å². The summed E-state index contributed by atoms with van der Waals surface area (Å²) in [5.41, 5.74) is 8.33. The number of hydrogen-bond acceptors (Lipinski definition) is 3. The summed E-state index contributed by atoms with van der Waals surface area (Å²) >= 11 is 3.67. The molecule has 2 N–H and O–H groups in total. The topological polar surface area (TPSA) is 32.5 Å². The van der Waals surface area contributed by atoms with Crippen molar-refractivity contribution in [3.8, 4) is 0 Å². The third kappa shape index (κ3) is 3.50. The van der Waals surface area contributed by atoms with Crippen molar-refractivity contribution in [2.75, 3.05) is 32.1 Å². The number of hydrogen-bond donors (Lipinski definition) is 1. The van der Waals surface area contributed by atoms with Gasteiger partial charge >= 0.3 is 0 Å². The normalized spacial score (nSPS) is 21.6. The molecule has 4 heteroatoms. The second-order valence-corrected chi connectivity index (χ2v) is 6.51. The van der Waals surface area contributed by atoms with E-state index in [0.717, 1.165) is 11.0 Å². The minimum absolute atomic E-state index is 0.0802. The molecule has 0 amide bonds. The summed E-state index contributed by atoms with van der Waals surface area (Å²) in [5, 5.41) is 0. The maximum Gasteiger partial charge on any atom is 0.0508 e. The lowest BCUT2D eigenvalue weighted by molar-refractivity contribution is 0.314. The summed E-state index contributed by atoms with van der Waals surface area (Å²) < 4.78 is 1.13. The Kier molecular flexibility index (Phi) is 4.87. The lowest BCUT2D eigenvalue weighted by Crippen LogP contribution is -2.36. The first kappa shape index (κ1) is 14.8. The second-order valence-electron chi connectivity index (χ2n) is 5.66. The van der Waals surface area contributed by atoms with Crippen LogP contribution in [0.2, 0.25) is 0 Å². The zero-order chi connectivity index (χ0) is 14.0. The molecule has 0 aliphatic carbocycles. The summed E-state index contributed by atoms with van der Waals surface area (Å²) in [7, 11) is 4.39. The molecule has 19 heavy (non-hydrogen) atoms. The molecule has 0 aromatic heterocycles. The van der Waals surface area contributed by atoms with Gasteiger partial charge in [-0.25, -0.2) is 0 Å². The highest BCUT2D eigenvalue weighted by atomic mass is 79.9. The van der Waals surface area contributed by atoms with E-state index in [2.05, 4.69) is 58.0 Å². The summed E-state index contributed by atoms with van der Waals surface area (Å²) in [6, 6.07) is 7.17. The maximum atomic E-state index is 5.92. The van der Waals surface area contributed by atoms with Crippen LogP contribution in [0.1, 0.15) is 31.4 Å². The van der Waals surface area contributed by atoms with Gasteiger partial charge in [0.15, 0.2) is 0 Å². The van der Waals surface area contributed by atoms with Gasteiger partial charge in [0.25, 0.3) is 0 Å². The maximum absolute atomic E-state index is 5.92. The van der Waals surface area contributed by atoms with Gasteiger partial charge < -0.3 is 15.5 Å². The van der Waals surface area contributed by atoms with Gasteiger partial charge in [0.1, 0.15) is 0 Å². The number of benzene rings is 1. The number of anilines is 1. The molecule has 0 radical (unpaired) electrons. The Hall–Kier alpha value is -0.580. The molecule has 1 aromatic rings. The first-order valence-corrected chi connectivity index (χ1v) is 7.74. The summed E-state index contributed by atoms with van der Waals surface area (Å²) in [6.45, 7) is 4.31. The van der Waals surface area contributed by atoms with Crippen molar-refractivity contribution in [2.45, 2.75) is 31.8 Å². The first-order valence-electron chi connectivity index (χ1n) is 6.95. The Bertz CT molecular complexity index is 433. The molecule has 1 unspecified atom stereocenters. The quantitative estimate of drug-likeness (QED) is 0.923. The van der Waals surface area contributed by atoms with Crippen LogP contribution in [0.4, 0.5) is 5.69 Å². The van der Waals surface area contributed by atoms with Crippen molar-refractivity contribution in [1.82, 2.24) is 4.90 Å². The van der Waals surface area contributed by atoms with Crippen LogP contribution >= 0.6 is 15.9 Å². The van der Waals surface area contributed by atoms with Crippen molar-refractivity contribution in [2.24, 2.45) is 5.73 Å². The van der Waals surface area contributed by atoms with E-state index in [1.807, 2.05) is 6.92 Å². The molecule has 0 bridgehead atoms. The molecular formula is C15H24BrN3. The van der Waals surface area contributed by atoms with Gasteiger partial charge in [0, 0.05) is 30.1 Å². The summed E-state index contributed by atoms with van der Waals surface area (Å²) in [5.74, 6) is 0. The number of rotatable bonds is 4. The predicted octanol–water partition coefficient (Wildman–Crippen LogP) is 3.00. The van der Waals surface area contributed by atoms with Gasteiger partial charge in [-0.05, 0) is 67.0 Å². The zero-order valence-corrected chi connectivity index (χ0v) is 13.7. The van der Waals surface area contributed by atoms with Crippen LogP contribution < -0.4 is 10.6 Å². The van der Waals surface area contributed by atoms with Gasteiger partial charge in [-0.2, -0.15) is 0 Å². The average molecular weight is 326 g/mol. The highest BCUT2D eigenvalue weighted by Gasteiger charge is 2.22. The molecule has 2 atom stereocenters. The predicted molar refractivity (Wildman–Crippen MR) is 85.7 cm³/mol. The van der Waals surface area contributed by atoms with E-state index in [9.17, 15) is 0 Å². The monoisotopic (exact) mass is 325 g/mol.